The lowest BCUT2D eigenvalue weighted by atomic mass is 9.86. The van der Waals surface area contributed by atoms with Crippen molar-refractivity contribution in [3.63, 3.8) is 0 Å². The molecule has 0 spiro atoms. The Morgan fingerprint density at radius 2 is 1.82 bits per heavy atom. The number of fused-ring (bicyclic) bond motifs is 2. The number of piperidine rings is 1. The van der Waals surface area contributed by atoms with E-state index < -0.39 is 0 Å². The van der Waals surface area contributed by atoms with Gasteiger partial charge in [0.25, 0.3) is 0 Å². The van der Waals surface area contributed by atoms with Crippen LogP contribution in [0.1, 0.15) is 42.1 Å². The molecular weight excluding hydrogens is 424 g/mol. The Morgan fingerprint density at radius 3 is 2.56 bits per heavy atom. The van der Waals surface area contributed by atoms with Gasteiger partial charge in [0.05, 0.1) is 22.3 Å². The molecule has 1 aliphatic heterocycles. The molecule has 2 heterocycles. The summed E-state index contributed by atoms with van der Waals surface area (Å²) in [4.78, 5) is 18.3. The van der Waals surface area contributed by atoms with Crippen molar-refractivity contribution in [1.29, 1.82) is 0 Å². The number of carbonyl (C=O) groups excluding carboxylic acids is 1. The van der Waals surface area contributed by atoms with Gasteiger partial charge >= 0.3 is 0 Å². The Kier molecular flexibility index (Phi) is 4.83. The highest BCUT2D eigenvalue weighted by Crippen LogP contribution is 2.47. The largest absolute Gasteiger partial charge is 0.378 e. The van der Waals surface area contributed by atoms with Crippen LogP contribution in [0.15, 0.2) is 59.1 Å². The van der Waals surface area contributed by atoms with Gasteiger partial charge in [0.2, 0.25) is 0 Å². The highest BCUT2D eigenvalue weighted by molar-refractivity contribution is 6.28. The Balaban J connectivity index is 1.57. The fourth-order valence-corrected chi connectivity index (χ4v) is 5.31. The number of aromatic nitrogens is 1. The topological polar surface area (TPSA) is 61.6 Å². The van der Waals surface area contributed by atoms with Crippen molar-refractivity contribution in [1.82, 2.24) is 5.16 Å². The molecule has 6 nitrogen and oxygen atoms in total. The fraction of sp³-hybridized carbons (Fsp3) is 0.286. The summed E-state index contributed by atoms with van der Waals surface area (Å²) in [5.41, 5.74) is 6.75. The van der Waals surface area contributed by atoms with Crippen molar-refractivity contribution in [3.05, 3.63) is 65.7 Å². The molecule has 1 fully saturated rings. The van der Waals surface area contributed by atoms with Crippen molar-refractivity contribution in [3.8, 4) is 11.3 Å². The molecule has 1 saturated heterocycles. The van der Waals surface area contributed by atoms with Crippen LogP contribution in [0.2, 0.25) is 0 Å². The Hall–Kier alpha value is -3.80. The molecule has 0 unspecified atom stereocenters. The van der Waals surface area contributed by atoms with Gasteiger partial charge in [0, 0.05) is 49.2 Å². The van der Waals surface area contributed by atoms with E-state index in [-0.39, 0.29) is 5.78 Å². The maximum Gasteiger partial charge on any atom is 0.196 e. The molecular formula is C28H28N4O2. The average Bonchev–Trinajstić information content (AvgIpc) is 3.29. The zero-order valence-electron chi connectivity index (χ0n) is 19.8. The van der Waals surface area contributed by atoms with Crippen LogP contribution in [0.4, 0.5) is 22.7 Å². The number of nitrogens with one attached hydrogen (secondary N) is 1. The molecule has 172 valence electrons. The lowest BCUT2D eigenvalue weighted by Gasteiger charge is -2.36. The number of anilines is 4. The van der Waals surface area contributed by atoms with Gasteiger partial charge in [-0.1, -0.05) is 29.4 Å². The van der Waals surface area contributed by atoms with E-state index in [0.29, 0.717) is 22.9 Å². The van der Waals surface area contributed by atoms with E-state index >= 15 is 0 Å². The molecule has 0 amide bonds. The number of rotatable bonds is 4. The minimum atomic E-state index is 0.00181. The number of nitrogens with zero attached hydrogens (tertiary/aromatic N) is 3. The van der Waals surface area contributed by atoms with E-state index in [0.717, 1.165) is 58.6 Å². The van der Waals surface area contributed by atoms with Gasteiger partial charge in [-0.25, -0.2) is 0 Å². The molecule has 1 N–H and O–H groups in total. The first-order valence-corrected chi connectivity index (χ1v) is 11.9. The Morgan fingerprint density at radius 1 is 1.06 bits per heavy atom. The zero-order chi connectivity index (χ0) is 23.4. The van der Waals surface area contributed by atoms with E-state index in [1.807, 2.05) is 50.5 Å². The van der Waals surface area contributed by atoms with Crippen LogP contribution in [-0.4, -0.2) is 37.6 Å². The average molecular weight is 453 g/mol. The molecule has 1 atom stereocenters. The van der Waals surface area contributed by atoms with Gasteiger partial charge in [-0.2, -0.15) is 0 Å². The molecule has 34 heavy (non-hydrogen) atoms. The normalized spacial score (nSPS) is 17.1. The van der Waals surface area contributed by atoms with E-state index in [2.05, 4.69) is 45.4 Å². The van der Waals surface area contributed by atoms with Gasteiger partial charge in [-0.3, -0.25) is 4.79 Å². The van der Waals surface area contributed by atoms with Crippen LogP contribution < -0.4 is 15.1 Å². The quantitative estimate of drug-likeness (QED) is 0.349. The maximum absolute atomic E-state index is 13.8. The van der Waals surface area contributed by atoms with Gasteiger partial charge in [0.1, 0.15) is 5.52 Å². The zero-order valence-corrected chi connectivity index (χ0v) is 19.8. The second kappa shape index (κ2) is 7.90. The van der Waals surface area contributed by atoms with Crippen LogP contribution in [0, 0.1) is 0 Å². The molecule has 6 heteroatoms. The molecule has 1 aromatic heterocycles. The van der Waals surface area contributed by atoms with Crippen LogP contribution in [0.3, 0.4) is 0 Å². The van der Waals surface area contributed by atoms with Crippen molar-refractivity contribution >= 4 is 39.4 Å². The van der Waals surface area contributed by atoms with Crippen molar-refractivity contribution in [2.45, 2.75) is 32.2 Å². The maximum atomic E-state index is 13.8. The SMILES string of the molecule is C[C@@H]1CCCCN1c1cc(Nc2ccc(N(C)C)cc2)c2c3c(onc13)-c1ccccc1C2=O. The number of hydrogen-bond donors (Lipinski definition) is 1. The number of benzene rings is 3. The summed E-state index contributed by atoms with van der Waals surface area (Å²) in [5, 5.41) is 8.87. The van der Waals surface area contributed by atoms with Gasteiger partial charge in [-0.15, -0.1) is 0 Å². The predicted molar refractivity (Wildman–Crippen MR) is 138 cm³/mol. The summed E-state index contributed by atoms with van der Waals surface area (Å²) < 4.78 is 5.92. The molecule has 4 aromatic rings. The molecule has 0 bridgehead atoms. The molecule has 2 aliphatic rings. The first-order chi connectivity index (χ1) is 16.5. The fourth-order valence-electron chi connectivity index (χ4n) is 5.31. The molecule has 3 aromatic carbocycles. The van der Waals surface area contributed by atoms with Crippen LogP contribution >= 0.6 is 0 Å². The standard InChI is InChI=1S/C28H28N4O2/c1-17-8-6-7-15-32(17)23-16-22(29-18-11-13-19(14-12-18)31(2)3)24-25-26(23)30-34-28(25)21-10-5-4-9-20(21)27(24)33/h4-5,9-14,16-17,29H,6-8,15H2,1-3H3/t17-/m1/s1. The number of hydrogen-bond acceptors (Lipinski definition) is 6. The van der Waals surface area contributed by atoms with Gasteiger partial charge in [0.15, 0.2) is 11.5 Å². The van der Waals surface area contributed by atoms with Crippen molar-refractivity contribution in [2.24, 2.45) is 0 Å². The monoisotopic (exact) mass is 452 g/mol. The van der Waals surface area contributed by atoms with Crippen molar-refractivity contribution in [2.75, 3.05) is 35.8 Å². The third-order valence-corrected chi connectivity index (χ3v) is 7.15. The first kappa shape index (κ1) is 20.8. The van der Waals surface area contributed by atoms with E-state index in [1.165, 1.54) is 6.42 Å². The summed E-state index contributed by atoms with van der Waals surface area (Å²) in [5.74, 6) is 0.680. The number of carbonyl (C=O) groups is 1. The van der Waals surface area contributed by atoms with Crippen LogP contribution in [-0.2, 0) is 0 Å². The summed E-state index contributed by atoms with van der Waals surface area (Å²) >= 11 is 0. The first-order valence-electron chi connectivity index (χ1n) is 11.9. The molecule has 0 radical (unpaired) electrons. The summed E-state index contributed by atoms with van der Waals surface area (Å²) in [6.45, 7) is 3.23. The van der Waals surface area contributed by atoms with Gasteiger partial charge < -0.3 is 19.6 Å². The summed E-state index contributed by atoms with van der Waals surface area (Å²) in [6.07, 6.45) is 3.53. The molecule has 1 aliphatic carbocycles. The van der Waals surface area contributed by atoms with Gasteiger partial charge in [-0.05, 0) is 56.5 Å². The lowest BCUT2D eigenvalue weighted by Crippen LogP contribution is -2.37. The Labute approximate surface area is 199 Å². The molecule has 6 rings (SSSR count). The van der Waals surface area contributed by atoms with E-state index in [9.17, 15) is 4.79 Å². The van der Waals surface area contributed by atoms with Crippen molar-refractivity contribution < 1.29 is 9.32 Å². The van der Waals surface area contributed by atoms with Crippen LogP contribution in [0.25, 0.3) is 22.2 Å². The predicted octanol–water partition coefficient (Wildman–Crippen LogP) is 6.23. The Bertz CT molecular complexity index is 1400. The van der Waals surface area contributed by atoms with Crippen LogP contribution in [0.5, 0.6) is 0 Å². The lowest BCUT2D eigenvalue weighted by molar-refractivity contribution is 0.104. The second-order valence-electron chi connectivity index (χ2n) is 9.53. The van der Waals surface area contributed by atoms with E-state index in [1.54, 1.807) is 0 Å². The van der Waals surface area contributed by atoms with E-state index in [4.69, 9.17) is 4.52 Å². The minimum absolute atomic E-state index is 0.00181. The summed E-state index contributed by atoms with van der Waals surface area (Å²) in [6, 6.07) is 18.4. The highest BCUT2D eigenvalue weighted by Gasteiger charge is 2.34. The highest BCUT2D eigenvalue weighted by atomic mass is 16.5. The third-order valence-electron chi connectivity index (χ3n) is 7.15. The molecule has 0 saturated carbocycles. The second-order valence-corrected chi connectivity index (χ2v) is 9.53. The minimum Gasteiger partial charge on any atom is -0.378 e. The smallest absolute Gasteiger partial charge is 0.196 e. The number of ketones is 1. The third kappa shape index (κ3) is 3.16. The summed E-state index contributed by atoms with van der Waals surface area (Å²) in [7, 11) is 4.05.